The highest BCUT2D eigenvalue weighted by molar-refractivity contribution is 7.53. The lowest BCUT2D eigenvalue weighted by atomic mass is 10.2. The number of hydrogen-bond acceptors (Lipinski definition) is 4. The van der Waals surface area contributed by atoms with E-state index in [2.05, 4.69) is 0 Å². The van der Waals surface area contributed by atoms with E-state index in [0.717, 1.165) is 5.56 Å². The molecule has 100 valence electrons. The summed E-state index contributed by atoms with van der Waals surface area (Å²) in [5, 5.41) is 0. The zero-order chi connectivity index (χ0) is 13.6. The molecule has 0 saturated heterocycles. The summed E-state index contributed by atoms with van der Waals surface area (Å²) in [4.78, 5) is 29.6. The molecule has 6 nitrogen and oxygen atoms in total. The first kappa shape index (κ1) is 14.9. The van der Waals surface area contributed by atoms with Crippen molar-refractivity contribution in [2.75, 3.05) is 6.54 Å². The van der Waals surface area contributed by atoms with Crippen LogP contribution in [-0.2, 0) is 20.7 Å². The fourth-order valence-electron chi connectivity index (χ4n) is 1.41. The van der Waals surface area contributed by atoms with Crippen LogP contribution >= 0.6 is 7.60 Å². The Bertz CT molecular complexity index is 430. The van der Waals surface area contributed by atoms with Gasteiger partial charge < -0.3 is 20.3 Å². The second kappa shape index (κ2) is 6.66. The van der Waals surface area contributed by atoms with Gasteiger partial charge in [-0.2, -0.15) is 0 Å². The molecule has 1 aromatic carbocycles. The molecule has 0 aromatic heterocycles. The van der Waals surface area contributed by atoms with Crippen LogP contribution in [0, 0.1) is 0 Å². The minimum absolute atomic E-state index is 0.0101. The summed E-state index contributed by atoms with van der Waals surface area (Å²) in [6, 6.07) is 8.89. The molecule has 0 saturated carbocycles. The van der Waals surface area contributed by atoms with Crippen molar-refractivity contribution >= 4 is 13.6 Å². The second-order valence-corrected chi connectivity index (χ2v) is 5.58. The minimum atomic E-state index is -4.52. The number of ether oxygens (including phenoxy) is 1. The van der Waals surface area contributed by atoms with Crippen LogP contribution in [0.2, 0.25) is 0 Å². The average molecular weight is 273 g/mol. The number of esters is 1. The fourth-order valence-corrected chi connectivity index (χ4v) is 2.24. The molecule has 0 radical (unpaired) electrons. The Hall–Kier alpha value is -1.20. The molecule has 0 fully saturated rings. The molecular weight excluding hydrogens is 257 g/mol. The van der Waals surface area contributed by atoms with Crippen molar-refractivity contribution in [1.82, 2.24) is 0 Å². The van der Waals surface area contributed by atoms with Crippen LogP contribution in [-0.4, -0.2) is 28.0 Å². The number of carbonyl (C=O) groups is 1. The van der Waals surface area contributed by atoms with Gasteiger partial charge >= 0.3 is 13.6 Å². The van der Waals surface area contributed by atoms with Crippen molar-refractivity contribution in [3.63, 3.8) is 0 Å². The van der Waals surface area contributed by atoms with Crippen LogP contribution in [0.25, 0.3) is 0 Å². The lowest BCUT2D eigenvalue weighted by molar-refractivity contribution is -0.144. The summed E-state index contributed by atoms with van der Waals surface area (Å²) in [7, 11) is -4.52. The van der Waals surface area contributed by atoms with E-state index in [1.807, 2.05) is 6.07 Å². The molecule has 0 aliphatic carbocycles. The maximum absolute atomic E-state index is 11.6. The maximum atomic E-state index is 11.6. The number of benzene rings is 1. The zero-order valence-electron chi connectivity index (χ0n) is 9.73. The SMILES string of the molecule is NCCC(C(=O)OCc1ccccc1)P(=O)(O)O. The molecule has 7 heteroatoms. The fraction of sp³-hybridized carbons (Fsp3) is 0.364. The molecule has 1 unspecified atom stereocenters. The number of rotatable bonds is 6. The molecule has 0 heterocycles. The van der Waals surface area contributed by atoms with E-state index in [-0.39, 0.29) is 19.6 Å². The normalized spacial score (nSPS) is 13.1. The monoisotopic (exact) mass is 273 g/mol. The van der Waals surface area contributed by atoms with Crippen LogP contribution in [0.3, 0.4) is 0 Å². The summed E-state index contributed by atoms with van der Waals surface area (Å²) in [6.45, 7) is -0.00302. The van der Waals surface area contributed by atoms with Gasteiger partial charge in [-0.25, -0.2) is 0 Å². The molecule has 4 N–H and O–H groups in total. The first-order chi connectivity index (χ1) is 8.45. The number of nitrogens with two attached hydrogens (primary N) is 1. The Morgan fingerprint density at radius 3 is 2.44 bits per heavy atom. The van der Waals surface area contributed by atoms with Crippen LogP contribution in [0.5, 0.6) is 0 Å². The largest absolute Gasteiger partial charge is 0.460 e. The van der Waals surface area contributed by atoms with Crippen LogP contribution in [0.4, 0.5) is 0 Å². The summed E-state index contributed by atoms with van der Waals surface area (Å²) >= 11 is 0. The third-order valence-electron chi connectivity index (χ3n) is 2.34. The van der Waals surface area contributed by atoms with Gasteiger partial charge in [0, 0.05) is 0 Å². The molecule has 1 aromatic rings. The van der Waals surface area contributed by atoms with E-state index in [9.17, 15) is 9.36 Å². The Balaban J connectivity index is 2.60. The lowest BCUT2D eigenvalue weighted by Crippen LogP contribution is -2.26. The number of carbonyl (C=O) groups excluding carboxylic acids is 1. The van der Waals surface area contributed by atoms with E-state index in [0.29, 0.717) is 0 Å². The average Bonchev–Trinajstić information content (AvgIpc) is 2.33. The molecule has 0 aliphatic heterocycles. The molecular formula is C11H16NO5P. The smallest absolute Gasteiger partial charge is 0.339 e. The summed E-state index contributed by atoms with van der Waals surface area (Å²) in [6.07, 6.45) is -0.0993. The maximum Gasteiger partial charge on any atom is 0.339 e. The molecule has 0 spiro atoms. The second-order valence-electron chi connectivity index (χ2n) is 3.78. The van der Waals surface area contributed by atoms with Crippen molar-refractivity contribution in [2.24, 2.45) is 5.73 Å². The van der Waals surface area contributed by atoms with Gasteiger partial charge in [-0.1, -0.05) is 30.3 Å². The predicted molar refractivity (Wildman–Crippen MR) is 65.7 cm³/mol. The van der Waals surface area contributed by atoms with Crippen molar-refractivity contribution < 1.29 is 23.9 Å². The van der Waals surface area contributed by atoms with Crippen molar-refractivity contribution in [3.8, 4) is 0 Å². The van der Waals surface area contributed by atoms with Gasteiger partial charge in [-0.3, -0.25) is 9.36 Å². The van der Waals surface area contributed by atoms with Gasteiger partial charge in [0.25, 0.3) is 0 Å². The van der Waals surface area contributed by atoms with E-state index >= 15 is 0 Å². The summed E-state index contributed by atoms with van der Waals surface area (Å²) in [5.41, 5.74) is 4.49. The van der Waals surface area contributed by atoms with Gasteiger partial charge in [0.1, 0.15) is 6.61 Å². The lowest BCUT2D eigenvalue weighted by Gasteiger charge is -2.16. The van der Waals surface area contributed by atoms with Crippen LogP contribution in [0.15, 0.2) is 30.3 Å². The first-order valence-corrected chi connectivity index (χ1v) is 7.09. The highest BCUT2D eigenvalue weighted by Gasteiger charge is 2.36. The topological polar surface area (TPSA) is 110 Å². The van der Waals surface area contributed by atoms with Gasteiger partial charge in [0.2, 0.25) is 0 Å². The van der Waals surface area contributed by atoms with Crippen molar-refractivity contribution in [1.29, 1.82) is 0 Å². The van der Waals surface area contributed by atoms with Crippen molar-refractivity contribution in [2.45, 2.75) is 18.7 Å². The van der Waals surface area contributed by atoms with E-state index < -0.39 is 19.2 Å². The highest BCUT2D eigenvalue weighted by atomic mass is 31.2. The third-order valence-corrected chi connectivity index (χ3v) is 3.62. The Kier molecular flexibility index (Phi) is 5.50. The minimum Gasteiger partial charge on any atom is -0.460 e. The van der Waals surface area contributed by atoms with Gasteiger partial charge in [-0.05, 0) is 18.5 Å². The van der Waals surface area contributed by atoms with Crippen molar-refractivity contribution in [3.05, 3.63) is 35.9 Å². The van der Waals surface area contributed by atoms with Gasteiger partial charge in [0.05, 0.1) is 0 Å². The van der Waals surface area contributed by atoms with Crippen LogP contribution in [0.1, 0.15) is 12.0 Å². The Morgan fingerprint density at radius 2 is 1.94 bits per heavy atom. The predicted octanol–water partition coefficient (Wildman–Crippen LogP) is 0.625. The molecule has 0 amide bonds. The quantitative estimate of drug-likeness (QED) is 0.518. The van der Waals surface area contributed by atoms with Gasteiger partial charge in [-0.15, -0.1) is 0 Å². The molecule has 1 atom stereocenters. The molecule has 0 aliphatic rings. The number of hydrogen-bond donors (Lipinski definition) is 3. The highest BCUT2D eigenvalue weighted by Crippen LogP contribution is 2.43. The third kappa shape index (κ3) is 4.58. The molecule has 0 bridgehead atoms. The standard InChI is InChI=1S/C11H16NO5P/c12-7-6-10(18(14,15)16)11(13)17-8-9-4-2-1-3-5-9/h1-5,10H,6-8,12H2,(H2,14,15,16). The Morgan fingerprint density at radius 1 is 1.33 bits per heavy atom. The first-order valence-electron chi connectivity index (χ1n) is 5.41. The summed E-state index contributed by atoms with van der Waals surface area (Å²) < 4.78 is 16.0. The zero-order valence-corrected chi connectivity index (χ0v) is 10.6. The summed E-state index contributed by atoms with van der Waals surface area (Å²) in [5.74, 6) is -0.919. The Labute approximate surface area is 105 Å². The van der Waals surface area contributed by atoms with Gasteiger partial charge in [0.15, 0.2) is 5.66 Å². The molecule has 1 rings (SSSR count). The van der Waals surface area contributed by atoms with Crippen LogP contribution < -0.4 is 5.73 Å². The van der Waals surface area contributed by atoms with E-state index in [1.165, 1.54) is 0 Å². The van der Waals surface area contributed by atoms with E-state index in [1.54, 1.807) is 24.3 Å². The molecule has 18 heavy (non-hydrogen) atoms. The van der Waals surface area contributed by atoms with E-state index in [4.69, 9.17) is 20.3 Å².